The Morgan fingerprint density at radius 3 is 2.69 bits per heavy atom. The number of aryl methyl sites for hydroxylation is 1. The summed E-state index contributed by atoms with van der Waals surface area (Å²) in [5.74, 6) is -1.11. The highest BCUT2D eigenvalue weighted by molar-refractivity contribution is 5.81. The average Bonchev–Trinajstić information content (AvgIpc) is 2.35. The minimum atomic E-state index is -1.11. The van der Waals surface area contributed by atoms with Gasteiger partial charge in [0.25, 0.3) is 0 Å². The predicted molar refractivity (Wildman–Crippen MR) is 58.9 cm³/mol. The maximum atomic E-state index is 10.9. The molecule has 5 nitrogen and oxygen atoms in total. The second-order valence-corrected chi connectivity index (χ2v) is 3.39. The van der Waals surface area contributed by atoms with E-state index in [1.54, 1.807) is 5.73 Å². The Hall–Kier alpha value is -2.04. The smallest absolute Gasteiger partial charge is 0.326 e. The first-order valence-electron chi connectivity index (χ1n) is 5.38. The number of aliphatic carboxylic acids is 1. The lowest BCUT2D eigenvalue weighted by Gasteiger charge is -2.12. The zero-order valence-corrected chi connectivity index (χ0v) is 8.64. The monoisotopic (exact) mass is 223 g/mol. The molecule has 0 heterocycles. The van der Waals surface area contributed by atoms with Gasteiger partial charge < -0.3 is 16.2 Å². The predicted octanol–water partition coefficient (Wildman–Crippen LogP) is 0.741. The van der Waals surface area contributed by atoms with E-state index in [4.69, 9.17) is 6.52 Å². The number of amides is 2. The number of carboxylic acids is 1. The summed E-state index contributed by atoms with van der Waals surface area (Å²) in [4.78, 5) is 21.7. The van der Waals surface area contributed by atoms with E-state index >= 15 is 0 Å². The minimum absolute atomic E-state index is 0.284. The third kappa shape index (κ3) is 4.00. The van der Waals surface area contributed by atoms with Crippen LogP contribution in [0.15, 0.2) is 30.3 Å². The van der Waals surface area contributed by atoms with Crippen LogP contribution >= 0.6 is 0 Å². The fourth-order valence-electron chi connectivity index (χ4n) is 1.37. The van der Waals surface area contributed by atoms with E-state index in [1.165, 1.54) is 0 Å². The fraction of sp³-hybridized carbons (Fsp3) is 0.273. The Bertz CT molecular complexity index is 384. The zero-order chi connectivity index (χ0) is 12.7. The number of nitrogens with two attached hydrogens (primary N) is 1. The van der Waals surface area contributed by atoms with Crippen molar-refractivity contribution in [2.24, 2.45) is 5.73 Å². The van der Waals surface area contributed by atoms with Gasteiger partial charge in [-0.25, -0.2) is 9.59 Å². The van der Waals surface area contributed by atoms with E-state index in [1.807, 2.05) is 30.3 Å². The summed E-state index contributed by atoms with van der Waals surface area (Å²) in [6.07, 6.45) is 0.836. The van der Waals surface area contributed by atoms with Crippen LogP contribution in [-0.2, 0) is 11.2 Å². The van der Waals surface area contributed by atoms with Crippen LogP contribution in [0, 0.1) is 0 Å². The third-order valence-electron chi connectivity index (χ3n) is 2.17. The minimum Gasteiger partial charge on any atom is -0.480 e. The molecule has 0 saturated carbocycles. The molecule has 5 heteroatoms. The average molecular weight is 223 g/mol. The first-order chi connectivity index (χ1) is 8.13. The van der Waals surface area contributed by atoms with Gasteiger partial charge in [0.1, 0.15) is 6.04 Å². The Kier molecular flexibility index (Phi) is 3.76. The van der Waals surface area contributed by atoms with Crippen molar-refractivity contribution in [1.82, 2.24) is 5.32 Å². The van der Waals surface area contributed by atoms with Crippen molar-refractivity contribution >= 4 is 12.0 Å². The van der Waals surface area contributed by atoms with Crippen molar-refractivity contribution in [1.29, 1.82) is 0 Å². The maximum absolute atomic E-state index is 10.9. The second kappa shape index (κ2) is 5.75. The standard InChI is InChI=1S/C11H14N2O3/c12-11(16)13-9(10(14)15)7-6-8-4-2-1-3-5-8/h1-5,9H,6-7H2,(H,14,15)(H3,12,13,16)/t9-/m0/s1/i/hD. The van der Waals surface area contributed by atoms with Gasteiger partial charge in [-0.15, -0.1) is 0 Å². The summed E-state index contributed by atoms with van der Waals surface area (Å²) in [5, 5.41) is 11.1. The maximum Gasteiger partial charge on any atom is 0.326 e. The third-order valence-corrected chi connectivity index (χ3v) is 2.17. The number of hydrogen-bond acceptors (Lipinski definition) is 2. The van der Waals surface area contributed by atoms with Gasteiger partial charge in [-0.1, -0.05) is 30.3 Å². The van der Waals surface area contributed by atoms with Crippen molar-refractivity contribution in [3.05, 3.63) is 35.9 Å². The van der Waals surface area contributed by atoms with Crippen molar-refractivity contribution < 1.29 is 16.1 Å². The SMILES string of the molecule is [2H]NC(=O)N[C@@H](CCc1ccccc1)C(=O)O. The van der Waals surface area contributed by atoms with Gasteiger partial charge >= 0.3 is 12.0 Å². The fourth-order valence-corrected chi connectivity index (χ4v) is 1.37. The van der Waals surface area contributed by atoms with Crippen LogP contribution in [0.5, 0.6) is 0 Å². The second-order valence-electron chi connectivity index (χ2n) is 3.39. The van der Waals surface area contributed by atoms with E-state index < -0.39 is 18.0 Å². The highest BCUT2D eigenvalue weighted by Gasteiger charge is 2.17. The molecule has 1 aromatic carbocycles. The van der Waals surface area contributed by atoms with Gasteiger partial charge in [-0.3, -0.25) is 0 Å². The summed E-state index contributed by atoms with van der Waals surface area (Å²) in [5.41, 5.74) is 2.59. The molecular formula is C11H14N2O3. The quantitative estimate of drug-likeness (QED) is 0.687. The van der Waals surface area contributed by atoms with Gasteiger partial charge in [-0.05, 0) is 18.4 Å². The molecular weight excluding hydrogens is 208 g/mol. The number of nitrogens with one attached hydrogen (secondary N) is 1. The van der Waals surface area contributed by atoms with Crippen LogP contribution in [0.3, 0.4) is 0 Å². The molecule has 4 N–H and O–H groups in total. The highest BCUT2D eigenvalue weighted by atomic mass is 16.4. The summed E-state index contributed by atoms with van der Waals surface area (Å²) >= 11 is 0. The van der Waals surface area contributed by atoms with Crippen LogP contribution in [0.25, 0.3) is 0 Å². The van der Waals surface area contributed by atoms with Crippen molar-refractivity contribution in [2.45, 2.75) is 18.9 Å². The van der Waals surface area contributed by atoms with E-state index in [0.717, 1.165) is 5.56 Å². The molecule has 2 amide bonds. The normalized spacial score (nSPS) is 12.4. The number of primary amides is 1. The molecule has 1 rings (SSSR count). The van der Waals surface area contributed by atoms with E-state index in [0.29, 0.717) is 6.42 Å². The molecule has 0 spiro atoms. The zero-order valence-electron chi connectivity index (χ0n) is 9.64. The Labute approximate surface area is 94.7 Å². The number of rotatable bonds is 5. The molecule has 16 heavy (non-hydrogen) atoms. The molecule has 0 radical (unpaired) electrons. The van der Waals surface area contributed by atoms with Crippen LogP contribution in [0.1, 0.15) is 12.0 Å². The number of carbonyl (C=O) groups is 2. The van der Waals surface area contributed by atoms with Crippen LogP contribution in [-0.4, -0.2) is 23.1 Å². The molecule has 0 aliphatic heterocycles. The number of urea groups is 1. The largest absolute Gasteiger partial charge is 0.480 e. The number of carbonyl (C=O) groups excluding carboxylic acids is 1. The lowest BCUT2D eigenvalue weighted by molar-refractivity contribution is -0.139. The summed E-state index contributed by atoms with van der Waals surface area (Å²) in [6.45, 7) is 0. The summed E-state index contributed by atoms with van der Waals surface area (Å²) in [7, 11) is 0. The van der Waals surface area contributed by atoms with Gasteiger partial charge in [-0.2, -0.15) is 0 Å². The van der Waals surface area contributed by atoms with Crippen molar-refractivity contribution in [3.63, 3.8) is 0 Å². The van der Waals surface area contributed by atoms with Crippen LogP contribution in [0.2, 0.25) is 1.41 Å². The molecule has 0 bridgehead atoms. The Balaban J connectivity index is 2.50. The van der Waals surface area contributed by atoms with E-state index in [-0.39, 0.29) is 6.42 Å². The van der Waals surface area contributed by atoms with Crippen LogP contribution < -0.4 is 11.0 Å². The first-order valence-corrected chi connectivity index (χ1v) is 4.88. The van der Waals surface area contributed by atoms with Gasteiger partial charge in [0.15, 0.2) is 1.41 Å². The molecule has 0 saturated heterocycles. The summed E-state index contributed by atoms with van der Waals surface area (Å²) in [6, 6.07) is 7.60. The molecule has 0 aliphatic rings. The lowest BCUT2D eigenvalue weighted by Crippen LogP contribution is -2.43. The molecule has 0 fully saturated rings. The first kappa shape index (κ1) is 10.5. The molecule has 86 valence electrons. The van der Waals surface area contributed by atoms with E-state index in [9.17, 15) is 9.59 Å². The Morgan fingerprint density at radius 1 is 1.44 bits per heavy atom. The molecule has 0 aliphatic carbocycles. The topological polar surface area (TPSA) is 92.4 Å². The molecule has 1 atom stereocenters. The lowest BCUT2D eigenvalue weighted by atomic mass is 10.1. The number of benzene rings is 1. The Morgan fingerprint density at radius 2 is 2.12 bits per heavy atom. The highest BCUT2D eigenvalue weighted by Crippen LogP contribution is 2.05. The number of carboxylic acid groups (broad SMARTS) is 1. The molecule has 1 aromatic rings. The van der Waals surface area contributed by atoms with Gasteiger partial charge in [0, 0.05) is 0 Å². The van der Waals surface area contributed by atoms with E-state index in [2.05, 4.69) is 5.32 Å². The molecule has 0 aromatic heterocycles. The van der Waals surface area contributed by atoms with Crippen molar-refractivity contribution in [3.8, 4) is 0 Å². The van der Waals surface area contributed by atoms with Gasteiger partial charge in [0.2, 0.25) is 0 Å². The molecule has 0 unspecified atom stereocenters. The van der Waals surface area contributed by atoms with Gasteiger partial charge in [0.05, 0.1) is 0 Å². The number of hydrogen-bond donors (Lipinski definition) is 3. The summed E-state index contributed by atoms with van der Waals surface area (Å²) < 4.78 is 6.58. The van der Waals surface area contributed by atoms with Crippen molar-refractivity contribution in [2.75, 3.05) is 0 Å². The van der Waals surface area contributed by atoms with Crippen LogP contribution in [0.4, 0.5) is 4.79 Å².